The molecule has 0 saturated heterocycles. The molecule has 0 atom stereocenters. The summed E-state index contributed by atoms with van der Waals surface area (Å²) in [7, 11) is -3.99. The maximum absolute atomic E-state index is 13.8. The highest BCUT2D eigenvalue weighted by atomic mass is 31.2. The number of alkyl halides is 3. The number of carbonyl (C=O) groups is 1. The monoisotopic (exact) mass is 659 g/mol. The molecule has 3 heterocycles. The fraction of sp³-hybridized carbons (Fsp3) is 0.438. The van der Waals surface area contributed by atoms with Crippen LogP contribution in [0.2, 0.25) is 0 Å². The number of nitrogens with zero attached hydrogens (tertiary/aromatic N) is 5. The third kappa shape index (κ3) is 7.33. The Labute approximate surface area is 265 Å². The Morgan fingerprint density at radius 3 is 2.22 bits per heavy atom. The smallest absolute Gasteiger partial charge is 0.305 e. The van der Waals surface area contributed by atoms with Crippen LogP contribution in [0, 0.1) is 13.8 Å². The molecule has 2 aromatic heterocycles. The van der Waals surface area contributed by atoms with Crippen LogP contribution in [-0.2, 0) is 37.5 Å². The van der Waals surface area contributed by atoms with E-state index in [2.05, 4.69) is 15.1 Å². The van der Waals surface area contributed by atoms with Crippen molar-refractivity contribution in [3.8, 4) is 11.4 Å². The lowest BCUT2D eigenvalue weighted by atomic mass is 10.1. The van der Waals surface area contributed by atoms with E-state index in [1.54, 1.807) is 70.2 Å². The van der Waals surface area contributed by atoms with Gasteiger partial charge in [0, 0.05) is 34.9 Å². The molecule has 10 nitrogen and oxygen atoms in total. The average molecular weight is 660 g/mol. The zero-order valence-corrected chi connectivity index (χ0v) is 27.9. The van der Waals surface area contributed by atoms with Gasteiger partial charge in [-0.1, -0.05) is 0 Å². The van der Waals surface area contributed by atoms with Crippen molar-refractivity contribution < 1.29 is 36.1 Å². The highest BCUT2D eigenvalue weighted by Crippen LogP contribution is 2.56. The Hall–Kier alpha value is -3.64. The van der Waals surface area contributed by atoms with E-state index in [0.29, 0.717) is 52.6 Å². The van der Waals surface area contributed by atoms with Crippen LogP contribution in [0.1, 0.15) is 74.4 Å². The van der Waals surface area contributed by atoms with E-state index in [-0.39, 0.29) is 17.9 Å². The minimum Gasteiger partial charge on any atom is -0.305 e. The molecule has 1 aliphatic rings. The van der Waals surface area contributed by atoms with Gasteiger partial charge in [0.1, 0.15) is 12.3 Å². The molecule has 1 amide bonds. The summed E-state index contributed by atoms with van der Waals surface area (Å²) in [5.74, 6) is 0.106. The zero-order chi connectivity index (χ0) is 33.8. The van der Waals surface area contributed by atoms with E-state index in [1.807, 2.05) is 13.0 Å². The molecular formula is C32H37F3N5O5P. The first-order valence-corrected chi connectivity index (χ1v) is 16.2. The number of phosphoric ester groups is 1. The van der Waals surface area contributed by atoms with Crippen molar-refractivity contribution in [2.45, 2.75) is 85.9 Å². The lowest BCUT2D eigenvalue weighted by Crippen LogP contribution is -2.41. The molecule has 0 radical (unpaired) electrons. The summed E-state index contributed by atoms with van der Waals surface area (Å²) in [4.78, 5) is 24.2. The number of halogens is 3. The summed E-state index contributed by atoms with van der Waals surface area (Å²) in [5.41, 5.74) is 1.61. The molecule has 0 N–H and O–H groups in total. The van der Waals surface area contributed by atoms with Gasteiger partial charge in [-0.3, -0.25) is 23.0 Å². The van der Waals surface area contributed by atoms with Gasteiger partial charge in [-0.2, -0.15) is 18.3 Å². The number of rotatable bonds is 7. The number of phosphoric acid groups is 1. The van der Waals surface area contributed by atoms with E-state index < -0.39 is 30.8 Å². The zero-order valence-electron chi connectivity index (χ0n) is 27.0. The Morgan fingerprint density at radius 2 is 1.61 bits per heavy atom. The van der Waals surface area contributed by atoms with E-state index >= 15 is 0 Å². The van der Waals surface area contributed by atoms with Gasteiger partial charge in [0.2, 0.25) is 0 Å². The van der Waals surface area contributed by atoms with Crippen LogP contribution in [0.5, 0.6) is 0 Å². The first-order valence-electron chi connectivity index (χ1n) is 14.7. The van der Waals surface area contributed by atoms with Crippen molar-refractivity contribution in [3.05, 3.63) is 70.7 Å². The molecule has 0 aliphatic carbocycles. The van der Waals surface area contributed by atoms with Gasteiger partial charge in [-0.05, 0) is 97.4 Å². The van der Waals surface area contributed by atoms with Crippen LogP contribution < -0.4 is 4.90 Å². The van der Waals surface area contributed by atoms with Crippen molar-refractivity contribution in [2.75, 3.05) is 11.4 Å². The topological polar surface area (TPSA) is 109 Å². The first kappa shape index (κ1) is 33.7. The summed E-state index contributed by atoms with van der Waals surface area (Å²) in [6.45, 7) is 14.7. The number of carbonyl (C=O) groups excluding carboxylic acids is 1. The predicted molar refractivity (Wildman–Crippen MR) is 167 cm³/mol. The number of amides is 1. The largest absolute Gasteiger partial charge is 0.476 e. The highest BCUT2D eigenvalue weighted by Gasteiger charge is 2.38. The molecule has 0 unspecified atom stereocenters. The summed E-state index contributed by atoms with van der Waals surface area (Å²) in [6.07, 6.45) is -3.08. The van der Waals surface area contributed by atoms with Crippen molar-refractivity contribution in [3.63, 3.8) is 0 Å². The highest BCUT2D eigenvalue weighted by molar-refractivity contribution is 7.48. The van der Waals surface area contributed by atoms with Gasteiger partial charge >= 0.3 is 14.0 Å². The Balaban J connectivity index is 1.36. The number of aromatic nitrogens is 4. The molecule has 0 saturated carbocycles. The molecule has 5 rings (SSSR count). The summed E-state index contributed by atoms with van der Waals surface area (Å²) in [6, 6.07) is 8.78. The van der Waals surface area contributed by atoms with E-state index in [4.69, 9.17) is 13.6 Å². The third-order valence-corrected chi connectivity index (χ3v) is 9.04. The van der Waals surface area contributed by atoms with Crippen LogP contribution >= 0.6 is 7.82 Å². The van der Waals surface area contributed by atoms with Gasteiger partial charge in [-0.25, -0.2) is 14.5 Å². The molecule has 0 fully saturated rings. The van der Waals surface area contributed by atoms with Gasteiger partial charge < -0.3 is 4.90 Å². The standard InChI is InChI=1S/C32H37F3N5O5P/c1-19-15-21(28-36-17-22-16-23(32(33,34)35)10-11-24(22)37-28)9-12-26(19)39-13-14-40-27(29(39)41)20(2)25(38-40)18-43-46(42,44-30(3,4)5)45-31(6,7)8/h9-12,15-17H,13-14,18H2,1-8H3. The quantitative estimate of drug-likeness (QED) is 0.184. The number of benzene rings is 2. The lowest BCUT2D eigenvalue weighted by Gasteiger charge is -2.30. The van der Waals surface area contributed by atoms with Crippen LogP contribution in [0.15, 0.2) is 42.6 Å². The summed E-state index contributed by atoms with van der Waals surface area (Å²) < 4.78 is 71.6. The van der Waals surface area contributed by atoms with Crippen molar-refractivity contribution >= 4 is 30.3 Å². The van der Waals surface area contributed by atoms with E-state index in [1.165, 1.54) is 12.3 Å². The number of hydrogen-bond acceptors (Lipinski definition) is 8. The van der Waals surface area contributed by atoms with Crippen molar-refractivity contribution in [1.29, 1.82) is 0 Å². The van der Waals surface area contributed by atoms with Gasteiger partial charge in [-0.15, -0.1) is 0 Å². The lowest BCUT2D eigenvalue weighted by molar-refractivity contribution is -0.137. The SMILES string of the molecule is Cc1cc(-c2ncc3cc(C(F)(F)F)ccc3n2)ccc1N1CCn2nc(COP(=O)(OC(C)(C)C)OC(C)(C)C)c(C)c2C1=O. The van der Waals surface area contributed by atoms with E-state index in [0.717, 1.165) is 17.7 Å². The Kier molecular flexibility index (Phi) is 8.70. The number of anilines is 1. The molecule has 246 valence electrons. The normalized spacial score (nSPS) is 14.7. The van der Waals surface area contributed by atoms with Gasteiger partial charge in [0.15, 0.2) is 5.82 Å². The first-order chi connectivity index (χ1) is 21.2. The molecule has 0 bridgehead atoms. The van der Waals surface area contributed by atoms with Crippen molar-refractivity contribution in [2.24, 2.45) is 0 Å². The summed E-state index contributed by atoms with van der Waals surface area (Å²) in [5, 5.41) is 4.86. The molecule has 1 aliphatic heterocycles. The maximum Gasteiger partial charge on any atom is 0.476 e. The second-order valence-corrected chi connectivity index (χ2v) is 14.7. The van der Waals surface area contributed by atoms with Crippen LogP contribution in [-0.4, -0.2) is 43.4 Å². The second kappa shape index (κ2) is 11.9. The number of fused-ring (bicyclic) bond motifs is 2. The molecule has 14 heteroatoms. The second-order valence-electron chi connectivity index (χ2n) is 13.2. The fourth-order valence-electron chi connectivity index (χ4n) is 5.15. The van der Waals surface area contributed by atoms with E-state index in [9.17, 15) is 22.5 Å². The Morgan fingerprint density at radius 1 is 0.935 bits per heavy atom. The number of hydrogen-bond donors (Lipinski definition) is 0. The molecule has 4 aromatic rings. The third-order valence-electron chi connectivity index (χ3n) is 7.05. The molecule has 46 heavy (non-hydrogen) atoms. The minimum atomic E-state index is -4.45. The number of aryl methyl sites for hydroxylation is 1. The van der Waals surface area contributed by atoms with Gasteiger partial charge in [0.25, 0.3) is 5.91 Å². The fourth-order valence-corrected chi connectivity index (χ4v) is 6.92. The van der Waals surface area contributed by atoms with Crippen LogP contribution in [0.3, 0.4) is 0 Å². The Bertz CT molecular complexity index is 1840. The maximum atomic E-state index is 13.8. The predicted octanol–water partition coefficient (Wildman–Crippen LogP) is 8.04. The van der Waals surface area contributed by atoms with Crippen LogP contribution in [0.25, 0.3) is 22.3 Å². The van der Waals surface area contributed by atoms with Crippen molar-refractivity contribution in [1.82, 2.24) is 19.7 Å². The molecular weight excluding hydrogens is 622 g/mol. The van der Waals surface area contributed by atoms with Gasteiger partial charge in [0.05, 0.1) is 34.5 Å². The molecule has 0 spiro atoms. The van der Waals surface area contributed by atoms with Crippen LogP contribution in [0.4, 0.5) is 18.9 Å². The minimum absolute atomic E-state index is 0.181. The average Bonchev–Trinajstić information content (AvgIpc) is 3.25. The molecule has 2 aromatic carbocycles. The summed E-state index contributed by atoms with van der Waals surface area (Å²) >= 11 is 0.